The minimum absolute atomic E-state index is 0.324. The Kier molecular flexibility index (Phi) is 3.83. The lowest BCUT2D eigenvalue weighted by atomic mass is 10.0. The molecular formula is C13H29N2+. The summed E-state index contributed by atoms with van der Waals surface area (Å²) in [5.41, 5.74) is 0.324. The van der Waals surface area contributed by atoms with Gasteiger partial charge in [0.05, 0.1) is 25.7 Å². The first kappa shape index (κ1) is 13.0. The molecule has 1 aliphatic rings. The first-order chi connectivity index (χ1) is 6.88. The summed E-state index contributed by atoms with van der Waals surface area (Å²) >= 11 is 0. The van der Waals surface area contributed by atoms with Crippen LogP contribution in [0.3, 0.4) is 0 Å². The molecule has 2 nitrogen and oxygen atoms in total. The summed E-state index contributed by atoms with van der Waals surface area (Å²) < 4.78 is 1.29. The largest absolute Gasteiger partial charge is 0.310 e. The molecule has 0 aromatic heterocycles. The van der Waals surface area contributed by atoms with Crippen molar-refractivity contribution in [3.63, 3.8) is 0 Å². The third-order valence-electron chi connectivity index (χ3n) is 4.17. The third kappa shape index (κ3) is 2.54. The predicted molar refractivity (Wildman–Crippen MR) is 66.7 cm³/mol. The van der Waals surface area contributed by atoms with Crippen molar-refractivity contribution in [3.05, 3.63) is 0 Å². The second kappa shape index (κ2) is 4.42. The summed E-state index contributed by atoms with van der Waals surface area (Å²) in [5.74, 6) is 0. The molecule has 0 radical (unpaired) electrons. The summed E-state index contributed by atoms with van der Waals surface area (Å²) in [6.45, 7) is 19.2. The van der Waals surface area contributed by atoms with Crippen molar-refractivity contribution in [2.75, 3.05) is 26.3 Å². The van der Waals surface area contributed by atoms with Gasteiger partial charge in [-0.3, -0.25) is 0 Å². The molecule has 0 amide bonds. The van der Waals surface area contributed by atoms with Crippen molar-refractivity contribution in [1.82, 2.24) is 4.90 Å². The van der Waals surface area contributed by atoms with E-state index in [1.54, 1.807) is 0 Å². The van der Waals surface area contributed by atoms with Gasteiger partial charge >= 0.3 is 0 Å². The number of hydrogen-bond acceptors (Lipinski definition) is 1. The Hall–Kier alpha value is -0.0800. The van der Waals surface area contributed by atoms with Crippen molar-refractivity contribution in [2.45, 2.75) is 59.5 Å². The second-order valence-corrected chi connectivity index (χ2v) is 6.00. The maximum absolute atomic E-state index is 2.71. The molecule has 1 unspecified atom stereocenters. The zero-order valence-corrected chi connectivity index (χ0v) is 11.5. The van der Waals surface area contributed by atoms with Crippen LogP contribution in [0.15, 0.2) is 0 Å². The first-order valence-electron chi connectivity index (χ1n) is 6.50. The van der Waals surface area contributed by atoms with Crippen molar-refractivity contribution >= 4 is 0 Å². The van der Waals surface area contributed by atoms with Crippen molar-refractivity contribution in [2.24, 2.45) is 0 Å². The number of hydrogen-bond donors (Lipinski definition) is 0. The van der Waals surface area contributed by atoms with Crippen LogP contribution in [-0.4, -0.2) is 47.3 Å². The molecule has 1 saturated heterocycles. The number of nitrogens with zero attached hydrogens (tertiary/aromatic N) is 2. The molecule has 0 saturated carbocycles. The second-order valence-electron chi connectivity index (χ2n) is 6.00. The van der Waals surface area contributed by atoms with Crippen LogP contribution in [0.25, 0.3) is 0 Å². The normalized spacial score (nSPS) is 27.2. The minimum atomic E-state index is 0.324. The van der Waals surface area contributed by atoms with E-state index in [-0.39, 0.29) is 0 Å². The number of rotatable bonds is 3. The molecule has 0 N–H and O–H groups in total. The van der Waals surface area contributed by atoms with Crippen LogP contribution in [0.2, 0.25) is 0 Å². The maximum Gasteiger partial charge on any atom is 0.135 e. The van der Waals surface area contributed by atoms with Gasteiger partial charge in [-0.25, -0.2) is 4.90 Å². The van der Waals surface area contributed by atoms with Gasteiger partial charge in [0.2, 0.25) is 0 Å². The summed E-state index contributed by atoms with van der Waals surface area (Å²) in [6, 6.07) is 0.782. The molecule has 0 spiro atoms. The lowest BCUT2D eigenvalue weighted by molar-refractivity contribution is -0.918. The highest BCUT2D eigenvalue weighted by Crippen LogP contribution is 2.30. The molecular weight excluding hydrogens is 184 g/mol. The topological polar surface area (TPSA) is 3.24 Å². The molecule has 1 fully saturated rings. The van der Waals surface area contributed by atoms with Gasteiger partial charge in [-0.1, -0.05) is 6.92 Å². The Labute approximate surface area is 95.8 Å². The predicted octanol–water partition coefficient (Wildman–Crippen LogP) is 2.69. The van der Waals surface area contributed by atoms with Gasteiger partial charge in [-0.15, -0.1) is 0 Å². The van der Waals surface area contributed by atoms with Crippen molar-refractivity contribution < 1.29 is 4.48 Å². The van der Waals surface area contributed by atoms with Gasteiger partial charge in [0.25, 0.3) is 0 Å². The standard InChI is InChI=1S/C13H29N2/c1-7-12-10-15(8-2,9-3)11-14(12)13(4,5)6/h12H,7-11H2,1-6H3/q+1. The zero-order chi connectivity index (χ0) is 11.7. The van der Waals surface area contributed by atoms with E-state index in [9.17, 15) is 0 Å². The van der Waals surface area contributed by atoms with E-state index < -0.39 is 0 Å². The van der Waals surface area contributed by atoms with E-state index in [0.717, 1.165) is 6.04 Å². The van der Waals surface area contributed by atoms with E-state index in [0.29, 0.717) is 5.54 Å². The Balaban J connectivity index is 2.83. The molecule has 1 heterocycles. The Morgan fingerprint density at radius 3 is 1.93 bits per heavy atom. The number of likely N-dealkylation sites (N-methyl/N-ethyl adjacent to an activating group) is 1. The molecule has 1 rings (SSSR count). The van der Waals surface area contributed by atoms with Gasteiger partial charge in [0.1, 0.15) is 6.67 Å². The number of quaternary nitrogens is 1. The molecule has 1 atom stereocenters. The zero-order valence-electron chi connectivity index (χ0n) is 11.5. The smallest absolute Gasteiger partial charge is 0.135 e. The molecule has 2 heteroatoms. The molecule has 0 aromatic carbocycles. The van der Waals surface area contributed by atoms with Crippen molar-refractivity contribution in [1.29, 1.82) is 0 Å². The van der Waals surface area contributed by atoms with Gasteiger partial charge < -0.3 is 4.48 Å². The first-order valence-corrected chi connectivity index (χ1v) is 6.50. The van der Waals surface area contributed by atoms with Crippen molar-refractivity contribution in [3.8, 4) is 0 Å². The van der Waals surface area contributed by atoms with Crippen LogP contribution in [0.4, 0.5) is 0 Å². The lowest BCUT2D eigenvalue weighted by Gasteiger charge is -2.36. The third-order valence-corrected chi connectivity index (χ3v) is 4.17. The van der Waals surface area contributed by atoms with Crippen LogP contribution in [0.5, 0.6) is 0 Å². The Morgan fingerprint density at radius 1 is 1.13 bits per heavy atom. The summed E-state index contributed by atoms with van der Waals surface area (Å²) in [4.78, 5) is 2.71. The highest BCUT2D eigenvalue weighted by molar-refractivity contribution is 4.84. The summed E-state index contributed by atoms with van der Waals surface area (Å²) in [7, 11) is 0. The summed E-state index contributed by atoms with van der Waals surface area (Å²) in [5, 5.41) is 0. The van der Waals surface area contributed by atoms with E-state index >= 15 is 0 Å². The highest BCUT2D eigenvalue weighted by atomic mass is 15.5. The van der Waals surface area contributed by atoms with E-state index in [2.05, 4.69) is 46.4 Å². The van der Waals surface area contributed by atoms with Gasteiger partial charge in [0.15, 0.2) is 0 Å². The van der Waals surface area contributed by atoms with Gasteiger partial charge in [-0.2, -0.15) is 0 Å². The average Bonchev–Trinajstić information content (AvgIpc) is 2.57. The fourth-order valence-corrected chi connectivity index (χ4v) is 2.83. The monoisotopic (exact) mass is 213 g/mol. The molecule has 1 aliphatic heterocycles. The maximum atomic E-state index is 2.71. The van der Waals surface area contributed by atoms with E-state index in [4.69, 9.17) is 0 Å². The average molecular weight is 213 g/mol. The SMILES string of the molecule is CCC1C[N+](CC)(CC)CN1C(C)(C)C. The molecule has 90 valence electrons. The minimum Gasteiger partial charge on any atom is -0.310 e. The quantitative estimate of drug-likeness (QED) is 0.652. The van der Waals surface area contributed by atoms with E-state index in [1.165, 1.54) is 37.2 Å². The fraction of sp³-hybridized carbons (Fsp3) is 1.00. The van der Waals surface area contributed by atoms with Crippen LogP contribution in [0.1, 0.15) is 48.0 Å². The van der Waals surface area contributed by atoms with Gasteiger partial charge in [-0.05, 0) is 41.0 Å². The molecule has 15 heavy (non-hydrogen) atoms. The highest BCUT2D eigenvalue weighted by Gasteiger charge is 2.44. The van der Waals surface area contributed by atoms with Crippen LogP contribution < -0.4 is 0 Å². The van der Waals surface area contributed by atoms with Crippen LogP contribution in [0, 0.1) is 0 Å². The van der Waals surface area contributed by atoms with Crippen LogP contribution in [-0.2, 0) is 0 Å². The lowest BCUT2D eigenvalue weighted by Crippen LogP contribution is -2.49. The van der Waals surface area contributed by atoms with Gasteiger partial charge in [0, 0.05) is 5.54 Å². The molecule has 0 bridgehead atoms. The molecule has 0 aliphatic carbocycles. The summed E-state index contributed by atoms with van der Waals surface area (Å²) in [6.07, 6.45) is 1.29. The van der Waals surface area contributed by atoms with E-state index in [1.807, 2.05) is 0 Å². The molecule has 0 aromatic rings. The Bertz CT molecular complexity index is 201. The van der Waals surface area contributed by atoms with Crippen LogP contribution >= 0.6 is 0 Å². The fourth-order valence-electron chi connectivity index (χ4n) is 2.83. The Morgan fingerprint density at radius 2 is 1.67 bits per heavy atom.